The highest BCUT2D eigenvalue weighted by molar-refractivity contribution is 5.94. The van der Waals surface area contributed by atoms with Gasteiger partial charge in [0.2, 0.25) is 5.91 Å². The molecule has 0 spiro atoms. The molecule has 1 amide bonds. The maximum Gasteiger partial charge on any atom is 0.271 e. The van der Waals surface area contributed by atoms with Gasteiger partial charge in [0, 0.05) is 24.6 Å². The van der Waals surface area contributed by atoms with Crippen LogP contribution in [-0.4, -0.2) is 31.0 Å². The molecule has 2 N–H and O–H groups in total. The van der Waals surface area contributed by atoms with Crippen molar-refractivity contribution in [3.8, 4) is 5.75 Å². The molecule has 110 valence electrons. The first-order valence-corrected chi connectivity index (χ1v) is 6.33. The van der Waals surface area contributed by atoms with Gasteiger partial charge in [-0.3, -0.25) is 14.9 Å². The number of non-ortho nitro benzene ring substituents is 1. The van der Waals surface area contributed by atoms with Crippen molar-refractivity contribution in [2.45, 2.75) is 13.8 Å². The Morgan fingerprint density at radius 3 is 2.75 bits per heavy atom. The summed E-state index contributed by atoms with van der Waals surface area (Å²) in [5.74, 6) is -0.0803. The quantitative estimate of drug-likeness (QED) is 0.587. The van der Waals surface area contributed by atoms with E-state index in [2.05, 4.69) is 10.6 Å². The van der Waals surface area contributed by atoms with Crippen LogP contribution in [0.15, 0.2) is 18.2 Å². The summed E-state index contributed by atoms with van der Waals surface area (Å²) in [6.45, 7) is 5.05. The molecule has 1 aromatic carbocycles. The molecule has 7 nitrogen and oxygen atoms in total. The van der Waals surface area contributed by atoms with Crippen LogP contribution in [0.4, 0.5) is 11.4 Å². The Morgan fingerprint density at radius 2 is 2.20 bits per heavy atom. The second-order valence-electron chi connectivity index (χ2n) is 4.34. The fourth-order valence-electron chi connectivity index (χ4n) is 1.62. The highest BCUT2D eigenvalue weighted by atomic mass is 16.6. The Balaban J connectivity index is 2.86. The Morgan fingerprint density at radius 1 is 1.50 bits per heavy atom. The Labute approximate surface area is 117 Å². The predicted octanol–water partition coefficient (Wildman–Crippen LogP) is 1.79. The monoisotopic (exact) mass is 281 g/mol. The number of hydrogen-bond donors (Lipinski definition) is 2. The van der Waals surface area contributed by atoms with Crippen LogP contribution in [0, 0.1) is 16.0 Å². The molecule has 1 aromatic rings. The molecule has 0 bridgehead atoms. The minimum Gasteiger partial charge on any atom is -0.495 e. The van der Waals surface area contributed by atoms with Crippen LogP contribution in [-0.2, 0) is 4.79 Å². The van der Waals surface area contributed by atoms with Crippen LogP contribution in [0.2, 0.25) is 0 Å². The third-order valence-corrected chi connectivity index (χ3v) is 2.80. The number of anilines is 1. The Kier molecular flexibility index (Phi) is 5.92. The summed E-state index contributed by atoms with van der Waals surface area (Å²) in [4.78, 5) is 22.2. The fraction of sp³-hybridized carbons (Fsp3) is 0.462. The zero-order valence-corrected chi connectivity index (χ0v) is 11.8. The second kappa shape index (κ2) is 7.44. The van der Waals surface area contributed by atoms with E-state index in [1.165, 1.54) is 25.3 Å². The topological polar surface area (TPSA) is 93.5 Å². The fourth-order valence-corrected chi connectivity index (χ4v) is 1.62. The first kappa shape index (κ1) is 15.9. The average Bonchev–Trinajstić information content (AvgIpc) is 2.44. The molecule has 0 aromatic heterocycles. The zero-order chi connectivity index (χ0) is 15.1. The van der Waals surface area contributed by atoms with Crippen LogP contribution in [0.25, 0.3) is 0 Å². The number of hydrogen-bond acceptors (Lipinski definition) is 5. The molecule has 0 aliphatic heterocycles. The summed E-state index contributed by atoms with van der Waals surface area (Å²) in [7, 11) is 1.44. The van der Waals surface area contributed by atoms with Crippen molar-refractivity contribution in [2.24, 2.45) is 5.92 Å². The van der Waals surface area contributed by atoms with Gasteiger partial charge < -0.3 is 15.4 Å². The largest absolute Gasteiger partial charge is 0.495 e. The second-order valence-corrected chi connectivity index (χ2v) is 4.34. The number of nitro groups is 1. The van der Waals surface area contributed by atoms with Crippen LogP contribution in [0.3, 0.4) is 0 Å². The molecule has 0 fully saturated rings. The van der Waals surface area contributed by atoms with Crippen molar-refractivity contribution in [3.63, 3.8) is 0 Å². The molecular weight excluding hydrogens is 262 g/mol. The summed E-state index contributed by atoms with van der Waals surface area (Å²) in [6.07, 6.45) is 0. The molecule has 0 saturated carbocycles. The van der Waals surface area contributed by atoms with Gasteiger partial charge in [-0.2, -0.15) is 0 Å². The maximum atomic E-state index is 12.0. The molecule has 0 aliphatic rings. The van der Waals surface area contributed by atoms with Gasteiger partial charge in [0.1, 0.15) is 5.75 Å². The number of nitrogens with one attached hydrogen (secondary N) is 2. The van der Waals surface area contributed by atoms with Crippen LogP contribution >= 0.6 is 0 Å². The average molecular weight is 281 g/mol. The number of amides is 1. The van der Waals surface area contributed by atoms with E-state index in [9.17, 15) is 14.9 Å². The van der Waals surface area contributed by atoms with Crippen molar-refractivity contribution in [3.05, 3.63) is 28.3 Å². The number of rotatable bonds is 7. The third kappa shape index (κ3) is 4.20. The summed E-state index contributed by atoms with van der Waals surface area (Å²) in [5.41, 5.74) is 0.204. The van der Waals surface area contributed by atoms with E-state index in [1.54, 1.807) is 6.92 Å². The number of ether oxygens (including phenoxy) is 1. The molecule has 0 radical (unpaired) electrons. The minimum atomic E-state index is -0.517. The summed E-state index contributed by atoms with van der Waals surface area (Å²) >= 11 is 0. The lowest BCUT2D eigenvalue weighted by Gasteiger charge is -2.14. The van der Waals surface area contributed by atoms with Crippen LogP contribution in [0.5, 0.6) is 5.75 Å². The number of methoxy groups -OCH3 is 1. The summed E-state index contributed by atoms with van der Waals surface area (Å²) in [6, 6.07) is 4.08. The van der Waals surface area contributed by atoms with Crippen molar-refractivity contribution in [2.75, 3.05) is 25.5 Å². The van der Waals surface area contributed by atoms with Gasteiger partial charge >= 0.3 is 0 Å². The lowest BCUT2D eigenvalue weighted by Crippen LogP contribution is -2.30. The van der Waals surface area contributed by atoms with E-state index in [0.29, 0.717) is 18.0 Å². The molecule has 0 aliphatic carbocycles. The molecule has 1 atom stereocenters. The van der Waals surface area contributed by atoms with Gasteiger partial charge in [-0.15, -0.1) is 0 Å². The van der Waals surface area contributed by atoms with Gasteiger partial charge in [0.25, 0.3) is 5.69 Å². The highest BCUT2D eigenvalue weighted by Gasteiger charge is 2.17. The summed E-state index contributed by atoms with van der Waals surface area (Å²) in [5, 5.41) is 16.5. The molecule has 0 saturated heterocycles. The molecule has 20 heavy (non-hydrogen) atoms. The third-order valence-electron chi connectivity index (χ3n) is 2.80. The van der Waals surface area contributed by atoms with Crippen molar-refractivity contribution < 1.29 is 14.5 Å². The van der Waals surface area contributed by atoms with Gasteiger partial charge in [0.15, 0.2) is 0 Å². The molecule has 1 unspecified atom stereocenters. The normalized spacial score (nSPS) is 11.8. The first-order chi connectivity index (χ1) is 9.49. The van der Waals surface area contributed by atoms with E-state index in [-0.39, 0.29) is 17.5 Å². The van der Waals surface area contributed by atoms with Crippen molar-refractivity contribution in [1.82, 2.24) is 5.32 Å². The van der Waals surface area contributed by atoms with E-state index >= 15 is 0 Å². The lowest BCUT2D eigenvalue weighted by molar-refractivity contribution is -0.384. The van der Waals surface area contributed by atoms with Crippen LogP contribution in [0.1, 0.15) is 13.8 Å². The van der Waals surface area contributed by atoms with Crippen molar-refractivity contribution >= 4 is 17.3 Å². The lowest BCUT2D eigenvalue weighted by atomic mass is 10.1. The van der Waals surface area contributed by atoms with E-state index in [4.69, 9.17) is 4.74 Å². The van der Waals surface area contributed by atoms with Gasteiger partial charge in [-0.1, -0.05) is 13.8 Å². The summed E-state index contributed by atoms with van der Waals surface area (Å²) < 4.78 is 5.09. The van der Waals surface area contributed by atoms with E-state index < -0.39 is 4.92 Å². The van der Waals surface area contributed by atoms with Gasteiger partial charge in [-0.05, 0) is 12.6 Å². The van der Waals surface area contributed by atoms with Gasteiger partial charge in [-0.25, -0.2) is 0 Å². The van der Waals surface area contributed by atoms with E-state index in [0.717, 1.165) is 6.54 Å². The highest BCUT2D eigenvalue weighted by Crippen LogP contribution is 2.29. The minimum absolute atomic E-state index is 0.0968. The number of carbonyl (C=O) groups is 1. The number of carbonyl (C=O) groups excluding carboxylic acids is 1. The molecular formula is C13H19N3O4. The SMILES string of the molecule is CCNCC(C)C(=O)Nc1cc([N+](=O)[O-])ccc1OC. The Hall–Kier alpha value is -2.15. The zero-order valence-electron chi connectivity index (χ0n) is 11.8. The maximum absolute atomic E-state index is 12.0. The van der Waals surface area contributed by atoms with Gasteiger partial charge in [0.05, 0.1) is 17.7 Å². The standard InChI is InChI=1S/C13H19N3O4/c1-4-14-8-9(2)13(17)15-11-7-10(16(18)19)5-6-12(11)20-3/h5-7,9,14H,4,8H2,1-3H3,(H,15,17). The predicted molar refractivity (Wildman–Crippen MR) is 76.0 cm³/mol. The van der Waals surface area contributed by atoms with Crippen LogP contribution < -0.4 is 15.4 Å². The molecule has 0 heterocycles. The Bertz CT molecular complexity index is 491. The molecule has 7 heteroatoms. The first-order valence-electron chi connectivity index (χ1n) is 6.33. The van der Waals surface area contributed by atoms with Crippen molar-refractivity contribution in [1.29, 1.82) is 0 Å². The smallest absolute Gasteiger partial charge is 0.271 e. The number of nitro benzene ring substituents is 1. The number of benzene rings is 1. The van der Waals surface area contributed by atoms with E-state index in [1.807, 2.05) is 6.92 Å². The number of nitrogens with zero attached hydrogens (tertiary/aromatic N) is 1. The molecule has 1 rings (SSSR count).